The zero-order chi connectivity index (χ0) is 18.9. The number of hydrogen-bond acceptors (Lipinski definition) is 5. The van der Waals surface area contributed by atoms with Gasteiger partial charge in [0, 0.05) is 38.2 Å². The zero-order valence-electron chi connectivity index (χ0n) is 15.7. The number of nitrogens with zero attached hydrogens (tertiary/aromatic N) is 4. The molecule has 0 aromatic carbocycles. The summed E-state index contributed by atoms with van der Waals surface area (Å²) in [4.78, 5) is 35.4. The number of fused-ring (bicyclic) bond motifs is 1. The lowest BCUT2D eigenvalue weighted by Gasteiger charge is -2.34. The monoisotopic (exact) mass is 369 g/mol. The van der Waals surface area contributed by atoms with E-state index in [0.29, 0.717) is 18.3 Å². The lowest BCUT2D eigenvalue weighted by atomic mass is 9.76. The summed E-state index contributed by atoms with van der Waals surface area (Å²) in [6.45, 7) is 2.83. The van der Waals surface area contributed by atoms with Crippen LogP contribution >= 0.6 is 0 Å². The van der Waals surface area contributed by atoms with E-state index in [-0.39, 0.29) is 22.8 Å². The van der Waals surface area contributed by atoms with Gasteiger partial charge in [-0.3, -0.25) is 9.59 Å². The summed E-state index contributed by atoms with van der Waals surface area (Å²) in [7, 11) is 0. The van der Waals surface area contributed by atoms with Gasteiger partial charge in [0.2, 0.25) is 5.91 Å². The molecule has 0 radical (unpaired) electrons. The van der Waals surface area contributed by atoms with Crippen LogP contribution in [0.1, 0.15) is 44.9 Å². The maximum absolute atomic E-state index is 13.1. The van der Waals surface area contributed by atoms with E-state index in [1.165, 1.54) is 25.2 Å². The fourth-order valence-electron chi connectivity index (χ4n) is 5.13. The van der Waals surface area contributed by atoms with Gasteiger partial charge in [-0.1, -0.05) is 19.3 Å². The highest BCUT2D eigenvalue weighted by Crippen LogP contribution is 2.45. The Labute approximate surface area is 159 Å². The quantitative estimate of drug-likeness (QED) is 0.860. The molecule has 2 saturated heterocycles. The predicted octanol–water partition coefficient (Wildman–Crippen LogP) is 1.92. The van der Waals surface area contributed by atoms with Crippen molar-refractivity contribution in [3.05, 3.63) is 22.7 Å². The Balaban J connectivity index is 1.39. The summed E-state index contributed by atoms with van der Waals surface area (Å²) in [6, 6.07) is 4.10. The molecule has 1 aromatic rings. The molecule has 2 atom stereocenters. The number of nitrogens with one attached hydrogen (secondary N) is 1. The van der Waals surface area contributed by atoms with E-state index < -0.39 is 0 Å². The van der Waals surface area contributed by atoms with E-state index in [2.05, 4.69) is 20.9 Å². The molecule has 2 unspecified atom stereocenters. The van der Waals surface area contributed by atoms with Crippen molar-refractivity contribution in [1.82, 2.24) is 14.9 Å². The van der Waals surface area contributed by atoms with Crippen molar-refractivity contribution in [2.75, 3.05) is 31.1 Å². The van der Waals surface area contributed by atoms with Crippen molar-refractivity contribution in [3.8, 4) is 6.07 Å². The first-order valence-corrected chi connectivity index (χ1v) is 10.1. The minimum absolute atomic E-state index is 0.0151. The minimum atomic E-state index is -0.318. The normalized spacial score (nSPS) is 29.1. The van der Waals surface area contributed by atoms with Crippen LogP contribution in [0.5, 0.6) is 0 Å². The first-order valence-electron chi connectivity index (χ1n) is 10.1. The summed E-state index contributed by atoms with van der Waals surface area (Å²) in [5.74, 6) is 1.25. The van der Waals surface area contributed by atoms with Crippen molar-refractivity contribution in [2.45, 2.75) is 44.9 Å². The number of rotatable bonds is 2. The molecule has 3 aliphatic rings. The summed E-state index contributed by atoms with van der Waals surface area (Å²) in [6.07, 6.45) is 8.47. The first kappa shape index (κ1) is 18.0. The van der Waals surface area contributed by atoms with E-state index in [1.807, 2.05) is 4.90 Å². The number of carbonyl (C=O) groups is 1. The van der Waals surface area contributed by atoms with Gasteiger partial charge in [-0.15, -0.1) is 0 Å². The molecule has 3 heterocycles. The average molecular weight is 369 g/mol. The fourth-order valence-corrected chi connectivity index (χ4v) is 5.13. The second-order valence-corrected chi connectivity index (χ2v) is 8.31. The largest absolute Gasteiger partial charge is 0.356 e. The van der Waals surface area contributed by atoms with Crippen LogP contribution in [0.4, 0.5) is 5.82 Å². The summed E-state index contributed by atoms with van der Waals surface area (Å²) in [5, 5.41) is 9.84. The molecule has 27 heavy (non-hydrogen) atoms. The Morgan fingerprint density at radius 3 is 2.81 bits per heavy atom. The molecule has 1 aromatic heterocycles. The van der Waals surface area contributed by atoms with Crippen LogP contribution in [0.3, 0.4) is 0 Å². The van der Waals surface area contributed by atoms with Gasteiger partial charge >= 0.3 is 0 Å². The van der Waals surface area contributed by atoms with Crippen LogP contribution in [-0.4, -0.2) is 47.0 Å². The topological polar surface area (TPSA) is 93.1 Å². The van der Waals surface area contributed by atoms with Gasteiger partial charge in [-0.05, 0) is 31.6 Å². The van der Waals surface area contributed by atoms with Crippen molar-refractivity contribution in [3.63, 3.8) is 0 Å². The van der Waals surface area contributed by atoms with Crippen LogP contribution in [0.25, 0.3) is 0 Å². The average Bonchev–Trinajstić information content (AvgIpc) is 2.95. The van der Waals surface area contributed by atoms with E-state index in [4.69, 9.17) is 0 Å². The molecule has 1 aliphatic carbocycles. The Bertz CT molecular complexity index is 792. The first-order chi connectivity index (χ1) is 13.1. The van der Waals surface area contributed by atoms with E-state index in [0.717, 1.165) is 51.7 Å². The number of anilines is 1. The molecule has 3 fully saturated rings. The van der Waals surface area contributed by atoms with Gasteiger partial charge in [-0.25, -0.2) is 4.98 Å². The van der Waals surface area contributed by atoms with Crippen LogP contribution in [-0.2, 0) is 4.79 Å². The van der Waals surface area contributed by atoms with Crippen LogP contribution < -0.4 is 10.5 Å². The molecule has 0 spiro atoms. The molecule has 1 amide bonds. The number of H-pyrrole nitrogens is 1. The Morgan fingerprint density at radius 1 is 1.26 bits per heavy atom. The van der Waals surface area contributed by atoms with Crippen LogP contribution in [0.15, 0.2) is 17.2 Å². The molecule has 7 heteroatoms. The number of aromatic amines is 1. The standard InChI is InChI=1S/C20H27N5O2/c21-12-20-7-3-1-2-4-16(20)11-25(13-20)19(27)15-5-8-24(9-6-15)17-10-18(26)23-14-22-17/h10,14-16H,1-9,11,13H2,(H,22,23,26). The van der Waals surface area contributed by atoms with Gasteiger partial charge in [0.1, 0.15) is 5.82 Å². The fraction of sp³-hybridized carbons (Fsp3) is 0.700. The molecule has 0 bridgehead atoms. The number of likely N-dealkylation sites (tertiary alicyclic amines) is 1. The molecule has 1 saturated carbocycles. The van der Waals surface area contributed by atoms with Crippen molar-refractivity contribution >= 4 is 11.7 Å². The summed E-state index contributed by atoms with van der Waals surface area (Å²) < 4.78 is 0. The molecule has 7 nitrogen and oxygen atoms in total. The SMILES string of the molecule is N#CC12CCCCCC1CN(C(=O)C1CCN(c3cc(=O)[nH]cn3)CC1)C2. The smallest absolute Gasteiger partial charge is 0.252 e. The van der Waals surface area contributed by atoms with Gasteiger partial charge in [-0.2, -0.15) is 5.26 Å². The third kappa shape index (κ3) is 3.45. The maximum atomic E-state index is 13.1. The molecular formula is C20H27N5O2. The third-order valence-electron chi connectivity index (χ3n) is 6.74. The number of amides is 1. The number of aromatic nitrogens is 2. The molecular weight excluding hydrogens is 342 g/mol. The van der Waals surface area contributed by atoms with Crippen LogP contribution in [0, 0.1) is 28.6 Å². The highest BCUT2D eigenvalue weighted by molar-refractivity contribution is 5.79. The minimum Gasteiger partial charge on any atom is -0.356 e. The number of piperidine rings is 1. The summed E-state index contributed by atoms with van der Waals surface area (Å²) in [5.41, 5.74) is -0.474. The van der Waals surface area contributed by atoms with Gasteiger partial charge in [0.25, 0.3) is 5.56 Å². The zero-order valence-corrected chi connectivity index (χ0v) is 15.7. The number of hydrogen-bond donors (Lipinski definition) is 1. The van der Waals surface area contributed by atoms with E-state index >= 15 is 0 Å². The molecule has 2 aliphatic heterocycles. The van der Waals surface area contributed by atoms with Gasteiger partial charge in [0.05, 0.1) is 17.8 Å². The number of carbonyl (C=O) groups excluding carboxylic acids is 1. The van der Waals surface area contributed by atoms with Crippen molar-refractivity contribution < 1.29 is 4.79 Å². The van der Waals surface area contributed by atoms with Crippen molar-refractivity contribution in [2.24, 2.45) is 17.3 Å². The van der Waals surface area contributed by atoms with Gasteiger partial charge < -0.3 is 14.8 Å². The maximum Gasteiger partial charge on any atom is 0.252 e. The lowest BCUT2D eigenvalue weighted by Crippen LogP contribution is -2.43. The highest BCUT2D eigenvalue weighted by atomic mass is 16.2. The Kier molecular flexibility index (Phi) is 4.90. The Hall–Kier alpha value is -2.36. The Morgan fingerprint density at radius 2 is 2.07 bits per heavy atom. The molecule has 1 N–H and O–H groups in total. The van der Waals surface area contributed by atoms with E-state index in [9.17, 15) is 14.9 Å². The van der Waals surface area contributed by atoms with Gasteiger partial charge in [0.15, 0.2) is 0 Å². The second kappa shape index (κ2) is 7.34. The van der Waals surface area contributed by atoms with E-state index in [1.54, 1.807) is 0 Å². The third-order valence-corrected chi connectivity index (χ3v) is 6.74. The summed E-state index contributed by atoms with van der Waals surface area (Å²) >= 11 is 0. The highest BCUT2D eigenvalue weighted by Gasteiger charge is 2.49. The van der Waals surface area contributed by atoms with Crippen LogP contribution in [0.2, 0.25) is 0 Å². The molecule has 4 rings (SSSR count). The van der Waals surface area contributed by atoms with Crippen molar-refractivity contribution in [1.29, 1.82) is 5.26 Å². The number of nitriles is 1. The second-order valence-electron chi connectivity index (χ2n) is 8.31. The molecule has 144 valence electrons. The lowest BCUT2D eigenvalue weighted by molar-refractivity contribution is -0.135. The predicted molar refractivity (Wildman–Crippen MR) is 101 cm³/mol.